The van der Waals surface area contributed by atoms with E-state index < -0.39 is 0 Å². The SMILES string of the molecule is Nc1ncccc1Cn1nc(C2CC2)nc1C1CC1. The van der Waals surface area contributed by atoms with E-state index in [0.717, 1.165) is 17.2 Å². The molecule has 0 aromatic carbocycles. The van der Waals surface area contributed by atoms with Crippen molar-refractivity contribution >= 4 is 5.82 Å². The van der Waals surface area contributed by atoms with Crippen LogP contribution in [0.1, 0.15) is 54.7 Å². The number of nitrogens with zero attached hydrogens (tertiary/aromatic N) is 4. The number of aromatic nitrogens is 4. The van der Waals surface area contributed by atoms with Crippen LogP contribution in [0.5, 0.6) is 0 Å². The molecule has 4 rings (SSSR count). The average molecular weight is 255 g/mol. The van der Waals surface area contributed by atoms with Gasteiger partial charge in [-0.25, -0.2) is 14.6 Å². The third-order valence-corrected chi connectivity index (χ3v) is 3.85. The maximum absolute atomic E-state index is 5.92. The highest BCUT2D eigenvalue weighted by Gasteiger charge is 2.34. The molecule has 2 aromatic rings. The molecule has 0 aliphatic heterocycles. The number of anilines is 1. The summed E-state index contributed by atoms with van der Waals surface area (Å²) in [5, 5.41) is 4.69. The minimum Gasteiger partial charge on any atom is -0.383 e. The van der Waals surface area contributed by atoms with Crippen molar-refractivity contribution < 1.29 is 0 Å². The maximum Gasteiger partial charge on any atom is 0.154 e. The lowest BCUT2D eigenvalue weighted by molar-refractivity contribution is 0.633. The minimum atomic E-state index is 0.590. The highest BCUT2D eigenvalue weighted by molar-refractivity contribution is 5.38. The molecule has 2 aliphatic carbocycles. The summed E-state index contributed by atoms with van der Waals surface area (Å²) in [6, 6.07) is 3.93. The summed E-state index contributed by atoms with van der Waals surface area (Å²) in [6.45, 7) is 0.686. The van der Waals surface area contributed by atoms with Crippen LogP contribution >= 0.6 is 0 Å². The fourth-order valence-electron chi connectivity index (χ4n) is 2.39. The number of nitrogen functional groups attached to an aromatic ring is 1. The van der Waals surface area contributed by atoms with Gasteiger partial charge in [-0.3, -0.25) is 0 Å². The lowest BCUT2D eigenvalue weighted by atomic mass is 10.2. The van der Waals surface area contributed by atoms with Crippen LogP contribution in [-0.4, -0.2) is 19.7 Å². The van der Waals surface area contributed by atoms with E-state index in [1.54, 1.807) is 6.20 Å². The molecule has 2 saturated carbocycles. The Balaban J connectivity index is 1.67. The van der Waals surface area contributed by atoms with Crippen molar-refractivity contribution in [1.82, 2.24) is 19.7 Å². The molecule has 0 amide bonds. The Bertz CT molecular complexity index is 610. The number of rotatable bonds is 4. The number of pyridine rings is 1. The quantitative estimate of drug-likeness (QED) is 0.907. The number of hydrogen-bond acceptors (Lipinski definition) is 4. The fourth-order valence-corrected chi connectivity index (χ4v) is 2.39. The molecule has 0 unspecified atom stereocenters. The Morgan fingerprint density at radius 2 is 2.00 bits per heavy atom. The Labute approximate surface area is 111 Å². The highest BCUT2D eigenvalue weighted by Crippen LogP contribution is 2.42. The van der Waals surface area contributed by atoms with E-state index in [4.69, 9.17) is 15.8 Å². The molecule has 0 atom stereocenters. The Kier molecular flexibility index (Phi) is 2.33. The molecule has 5 nitrogen and oxygen atoms in total. The summed E-state index contributed by atoms with van der Waals surface area (Å²) in [6.07, 6.45) is 6.68. The van der Waals surface area contributed by atoms with Gasteiger partial charge in [0.1, 0.15) is 11.6 Å². The first-order chi connectivity index (χ1) is 9.31. The normalized spacial score (nSPS) is 18.7. The van der Waals surface area contributed by atoms with E-state index in [2.05, 4.69) is 4.98 Å². The third-order valence-electron chi connectivity index (χ3n) is 3.85. The lowest BCUT2D eigenvalue weighted by Crippen LogP contribution is -2.09. The smallest absolute Gasteiger partial charge is 0.154 e. The van der Waals surface area contributed by atoms with Gasteiger partial charge in [0.05, 0.1) is 6.54 Å². The Hall–Kier alpha value is -1.91. The molecule has 98 valence electrons. The van der Waals surface area contributed by atoms with Crippen LogP contribution in [0.2, 0.25) is 0 Å². The maximum atomic E-state index is 5.92. The summed E-state index contributed by atoms with van der Waals surface area (Å²) in [5.41, 5.74) is 6.94. The van der Waals surface area contributed by atoms with Crippen molar-refractivity contribution in [2.24, 2.45) is 0 Å². The first kappa shape index (κ1) is 11.0. The van der Waals surface area contributed by atoms with Crippen molar-refractivity contribution in [3.8, 4) is 0 Å². The molecule has 0 saturated heterocycles. The van der Waals surface area contributed by atoms with Crippen molar-refractivity contribution in [3.63, 3.8) is 0 Å². The largest absolute Gasteiger partial charge is 0.383 e. The summed E-state index contributed by atoms with van der Waals surface area (Å²) in [4.78, 5) is 8.89. The minimum absolute atomic E-state index is 0.590. The summed E-state index contributed by atoms with van der Waals surface area (Å²) in [5.74, 6) is 3.98. The van der Waals surface area contributed by atoms with Gasteiger partial charge in [0, 0.05) is 23.6 Å². The summed E-state index contributed by atoms with van der Waals surface area (Å²) in [7, 11) is 0. The number of hydrogen-bond donors (Lipinski definition) is 1. The van der Waals surface area contributed by atoms with Crippen LogP contribution in [-0.2, 0) is 6.54 Å². The number of nitrogens with two attached hydrogens (primary N) is 1. The van der Waals surface area contributed by atoms with Gasteiger partial charge in [-0.1, -0.05) is 6.07 Å². The monoisotopic (exact) mass is 255 g/mol. The predicted octanol–water partition coefficient (Wildman–Crippen LogP) is 2.06. The van der Waals surface area contributed by atoms with E-state index in [-0.39, 0.29) is 0 Å². The second kappa shape index (κ2) is 4.05. The standard InChI is InChI=1S/C14H17N5/c15-12-11(2-1-7-16-12)8-19-14(10-5-6-10)17-13(18-19)9-3-4-9/h1-2,7,9-10H,3-6,8H2,(H2,15,16). The molecule has 2 heterocycles. The molecular weight excluding hydrogens is 238 g/mol. The molecule has 2 aromatic heterocycles. The molecule has 2 aliphatic rings. The van der Waals surface area contributed by atoms with Crippen LogP contribution in [0.15, 0.2) is 18.3 Å². The Morgan fingerprint density at radius 3 is 2.68 bits per heavy atom. The zero-order chi connectivity index (χ0) is 12.8. The summed E-state index contributed by atoms with van der Waals surface area (Å²) < 4.78 is 2.04. The molecule has 0 bridgehead atoms. The van der Waals surface area contributed by atoms with E-state index in [9.17, 15) is 0 Å². The molecule has 19 heavy (non-hydrogen) atoms. The van der Waals surface area contributed by atoms with Gasteiger partial charge in [-0.05, 0) is 31.7 Å². The lowest BCUT2D eigenvalue weighted by Gasteiger charge is -2.06. The van der Waals surface area contributed by atoms with Gasteiger partial charge in [-0.2, -0.15) is 5.10 Å². The zero-order valence-corrected chi connectivity index (χ0v) is 10.8. The van der Waals surface area contributed by atoms with Gasteiger partial charge in [0.2, 0.25) is 0 Å². The van der Waals surface area contributed by atoms with Crippen molar-refractivity contribution in [3.05, 3.63) is 35.5 Å². The van der Waals surface area contributed by atoms with E-state index >= 15 is 0 Å². The van der Waals surface area contributed by atoms with Crippen LogP contribution in [0, 0.1) is 0 Å². The van der Waals surface area contributed by atoms with Crippen LogP contribution in [0.25, 0.3) is 0 Å². The zero-order valence-electron chi connectivity index (χ0n) is 10.8. The van der Waals surface area contributed by atoms with Crippen LogP contribution < -0.4 is 5.73 Å². The second-order valence-electron chi connectivity index (χ2n) is 5.58. The van der Waals surface area contributed by atoms with Gasteiger partial charge >= 0.3 is 0 Å². The first-order valence-electron chi connectivity index (χ1n) is 6.95. The predicted molar refractivity (Wildman–Crippen MR) is 71.7 cm³/mol. The van der Waals surface area contributed by atoms with Crippen molar-refractivity contribution in [2.45, 2.75) is 44.1 Å². The summed E-state index contributed by atoms with van der Waals surface area (Å²) >= 11 is 0. The van der Waals surface area contributed by atoms with E-state index in [1.807, 2.05) is 16.8 Å². The highest BCUT2D eigenvalue weighted by atomic mass is 15.4. The van der Waals surface area contributed by atoms with Crippen molar-refractivity contribution in [2.75, 3.05) is 5.73 Å². The van der Waals surface area contributed by atoms with Crippen LogP contribution in [0.3, 0.4) is 0 Å². The Morgan fingerprint density at radius 1 is 1.21 bits per heavy atom. The second-order valence-corrected chi connectivity index (χ2v) is 5.58. The van der Waals surface area contributed by atoms with Crippen molar-refractivity contribution in [1.29, 1.82) is 0 Å². The fraction of sp³-hybridized carbons (Fsp3) is 0.500. The molecule has 0 radical (unpaired) electrons. The van der Waals surface area contributed by atoms with Gasteiger partial charge in [0.15, 0.2) is 5.82 Å². The molecular formula is C14H17N5. The average Bonchev–Trinajstić information content (AvgIpc) is 3.31. The topological polar surface area (TPSA) is 69.6 Å². The van der Waals surface area contributed by atoms with Gasteiger partial charge < -0.3 is 5.73 Å². The van der Waals surface area contributed by atoms with E-state index in [1.165, 1.54) is 25.7 Å². The molecule has 2 N–H and O–H groups in total. The first-order valence-corrected chi connectivity index (χ1v) is 6.95. The van der Waals surface area contributed by atoms with Crippen LogP contribution in [0.4, 0.5) is 5.82 Å². The van der Waals surface area contributed by atoms with Gasteiger partial charge in [0.25, 0.3) is 0 Å². The third kappa shape index (κ3) is 2.09. The van der Waals surface area contributed by atoms with E-state index in [0.29, 0.717) is 24.2 Å². The van der Waals surface area contributed by atoms with Gasteiger partial charge in [-0.15, -0.1) is 0 Å². The molecule has 0 spiro atoms. The molecule has 2 fully saturated rings. The molecule has 5 heteroatoms.